The molecule has 0 radical (unpaired) electrons. The van der Waals surface area contributed by atoms with E-state index in [9.17, 15) is 9.59 Å². The lowest BCUT2D eigenvalue weighted by Gasteiger charge is -2.10. The second kappa shape index (κ2) is 15.7. The van der Waals surface area contributed by atoms with E-state index in [0.29, 0.717) is 60.8 Å². The van der Waals surface area contributed by atoms with E-state index in [0.717, 1.165) is 41.5 Å². The maximum atomic E-state index is 12.5. The standard InChI is InChI=1S/C33H37N13O4/c1-2-49-29(48)21-45-20-26(17-39-45)41-33-38-15-24-12-27(46(31(24)43-33)19-22-4-5-22)7-11-50-28(47)18-36-16-25(13-35)40-32-37-14-23-6-10-44(9-3-8-34)30(23)42-32/h6,10,12-17,20,22H,2-5,7,9,11,18-19,21,35H2,1H3,(H,37,40,42)(H,38,41,43). The van der Waals surface area contributed by atoms with Crippen molar-refractivity contribution in [3.63, 3.8) is 0 Å². The van der Waals surface area contributed by atoms with Crippen LogP contribution in [0.2, 0.25) is 0 Å². The number of aromatic nitrogens is 8. The Morgan fingerprint density at radius 3 is 2.74 bits per heavy atom. The molecule has 0 aliphatic heterocycles. The summed E-state index contributed by atoms with van der Waals surface area (Å²) in [6, 6.07) is 6.04. The van der Waals surface area contributed by atoms with Crippen molar-refractivity contribution >= 4 is 57.8 Å². The summed E-state index contributed by atoms with van der Waals surface area (Å²) in [6.07, 6.45) is 14.5. The van der Waals surface area contributed by atoms with Gasteiger partial charge in [-0.1, -0.05) is 0 Å². The molecule has 6 rings (SSSR count). The van der Waals surface area contributed by atoms with Gasteiger partial charge in [0.1, 0.15) is 24.4 Å². The Morgan fingerprint density at radius 2 is 1.94 bits per heavy atom. The molecule has 1 saturated carbocycles. The van der Waals surface area contributed by atoms with E-state index < -0.39 is 5.97 Å². The molecule has 5 aromatic heterocycles. The molecule has 1 fully saturated rings. The fraction of sp³-hybridized carbons (Fsp3) is 0.364. The Morgan fingerprint density at radius 1 is 1.12 bits per heavy atom. The fourth-order valence-electron chi connectivity index (χ4n) is 5.27. The molecule has 5 heterocycles. The zero-order valence-corrected chi connectivity index (χ0v) is 27.5. The number of nitrogens with zero attached hydrogens (tertiary/aromatic N) is 10. The maximum Gasteiger partial charge on any atom is 0.327 e. The number of ether oxygens (including phenoxy) is 2. The van der Waals surface area contributed by atoms with Gasteiger partial charge in [-0.05, 0) is 37.8 Å². The lowest BCUT2D eigenvalue weighted by Crippen LogP contribution is -2.14. The summed E-state index contributed by atoms with van der Waals surface area (Å²) in [5.41, 5.74) is 9.27. The first kappa shape index (κ1) is 33.6. The van der Waals surface area contributed by atoms with E-state index in [1.165, 1.54) is 17.1 Å². The number of rotatable bonds is 17. The number of nitriles is 1. The number of carbonyl (C=O) groups excluding carboxylic acids is 2. The number of nitrogens with one attached hydrogen (secondary N) is 2. The highest BCUT2D eigenvalue weighted by atomic mass is 16.5. The Balaban J connectivity index is 1.03. The van der Waals surface area contributed by atoms with Crippen LogP contribution in [0.15, 0.2) is 60.0 Å². The van der Waals surface area contributed by atoms with Crippen LogP contribution in [0.5, 0.6) is 0 Å². The highest BCUT2D eigenvalue weighted by Crippen LogP contribution is 2.33. The molecule has 50 heavy (non-hydrogen) atoms. The van der Waals surface area contributed by atoms with Crippen LogP contribution in [0.3, 0.4) is 0 Å². The molecule has 0 saturated heterocycles. The second-order valence-electron chi connectivity index (χ2n) is 11.6. The summed E-state index contributed by atoms with van der Waals surface area (Å²) in [7, 11) is 0. The molecule has 5 aromatic rings. The molecule has 0 atom stereocenters. The largest absolute Gasteiger partial charge is 0.465 e. The summed E-state index contributed by atoms with van der Waals surface area (Å²) < 4.78 is 16.0. The van der Waals surface area contributed by atoms with Gasteiger partial charge in [0.25, 0.3) is 0 Å². The van der Waals surface area contributed by atoms with Crippen LogP contribution in [0, 0.1) is 17.2 Å². The van der Waals surface area contributed by atoms with Gasteiger partial charge >= 0.3 is 11.9 Å². The number of aryl methyl sites for hydroxylation is 1. The normalized spacial score (nSPS) is 13.2. The summed E-state index contributed by atoms with van der Waals surface area (Å²) in [4.78, 5) is 46.6. The number of hydrogen-bond donors (Lipinski definition) is 3. The Bertz CT molecular complexity index is 2080. The third-order valence-corrected chi connectivity index (χ3v) is 7.82. The Hall–Kier alpha value is -6.31. The minimum Gasteiger partial charge on any atom is -0.465 e. The Kier molecular flexibility index (Phi) is 10.6. The predicted molar refractivity (Wildman–Crippen MR) is 184 cm³/mol. The summed E-state index contributed by atoms with van der Waals surface area (Å²) >= 11 is 0. The molecule has 4 N–H and O–H groups in total. The predicted octanol–water partition coefficient (Wildman–Crippen LogP) is 3.07. The van der Waals surface area contributed by atoms with E-state index >= 15 is 0 Å². The zero-order valence-electron chi connectivity index (χ0n) is 27.5. The molecule has 0 bridgehead atoms. The first-order chi connectivity index (χ1) is 24.4. The highest BCUT2D eigenvalue weighted by Gasteiger charge is 2.24. The molecule has 17 nitrogen and oxygen atoms in total. The molecule has 258 valence electrons. The summed E-state index contributed by atoms with van der Waals surface area (Å²) in [5, 5.41) is 21.0. The smallest absolute Gasteiger partial charge is 0.327 e. The molecule has 1 aliphatic carbocycles. The van der Waals surface area contributed by atoms with Crippen LogP contribution in [-0.4, -0.2) is 76.8 Å². The SMILES string of the molecule is CCOC(=O)Cn1cc(Nc2ncc3cc(CCOC(=O)CN=CC(=CN)Nc4ncc5ccn(CCC#N)c5n4)n(CC4CC4)c3n2)cn1. The summed E-state index contributed by atoms with van der Waals surface area (Å²) in [6.45, 7) is 3.38. The number of hydrogen-bond acceptors (Lipinski definition) is 14. The molecule has 17 heteroatoms. The van der Waals surface area contributed by atoms with E-state index in [2.05, 4.69) is 46.3 Å². The van der Waals surface area contributed by atoms with Crippen molar-refractivity contribution in [2.45, 2.75) is 52.2 Å². The number of fused-ring (bicyclic) bond motifs is 2. The summed E-state index contributed by atoms with van der Waals surface area (Å²) in [5.74, 6) is 0.433. The molecule has 0 aromatic carbocycles. The molecular formula is C33H37N13O4. The lowest BCUT2D eigenvalue weighted by atomic mass is 10.3. The van der Waals surface area contributed by atoms with Crippen molar-refractivity contribution in [1.82, 2.24) is 38.9 Å². The van der Waals surface area contributed by atoms with E-state index in [1.54, 1.807) is 31.7 Å². The van der Waals surface area contributed by atoms with Crippen LogP contribution < -0.4 is 16.4 Å². The first-order valence-electron chi connectivity index (χ1n) is 16.3. The minimum atomic E-state index is -0.481. The van der Waals surface area contributed by atoms with Crippen molar-refractivity contribution in [2.75, 3.05) is 30.4 Å². The van der Waals surface area contributed by atoms with E-state index in [4.69, 9.17) is 25.5 Å². The number of nitrogens with two attached hydrogens (primary N) is 1. The van der Waals surface area contributed by atoms with Crippen LogP contribution in [0.25, 0.3) is 22.1 Å². The Labute approximate surface area is 286 Å². The quantitative estimate of drug-likeness (QED) is 0.0952. The second-order valence-corrected chi connectivity index (χ2v) is 11.6. The van der Waals surface area contributed by atoms with Gasteiger partial charge in [-0.15, -0.1) is 0 Å². The maximum absolute atomic E-state index is 12.5. The molecule has 1 aliphatic rings. The van der Waals surface area contributed by atoms with Gasteiger partial charge in [-0.2, -0.15) is 20.3 Å². The lowest BCUT2D eigenvalue weighted by molar-refractivity contribution is -0.144. The van der Waals surface area contributed by atoms with Gasteiger partial charge in [0, 0.05) is 73.2 Å². The highest BCUT2D eigenvalue weighted by molar-refractivity contribution is 5.85. The molecule has 0 unspecified atom stereocenters. The van der Waals surface area contributed by atoms with Crippen molar-refractivity contribution < 1.29 is 19.1 Å². The molecular weight excluding hydrogens is 642 g/mol. The topological polar surface area (TPSA) is 218 Å². The van der Waals surface area contributed by atoms with Crippen LogP contribution in [-0.2, 0) is 45.1 Å². The third kappa shape index (κ3) is 8.58. The first-order valence-corrected chi connectivity index (χ1v) is 16.3. The molecule has 0 amide bonds. The van der Waals surface area contributed by atoms with Crippen LogP contribution in [0.1, 0.15) is 31.9 Å². The van der Waals surface area contributed by atoms with Crippen molar-refractivity contribution in [2.24, 2.45) is 16.6 Å². The van der Waals surface area contributed by atoms with Gasteiger partial charge in [-0.3, -0.25) is 19.3 Å². The molecule has 0 spiro atoms. The monoisotopic (exact) mass is 679 g/mol. The van der Waals surface area contributed by atoms with Crippen LogP contribution >= 0.6 is 0 Å². The van der Waals surface area contributed by atoms with Gasteiger partial charge in [0.2, 0.25) is 11.9 Å². The van der Waals surface area contributed by atoms with Crippen molar-refractivity contribution in [1.29, 1.82) is 5.26 Å². The van der Waals surface area contributed by atoms with Crippen molar-refractivity contribution in [3.8, 4) is 6.07 Å². The number of aliphatic imine (C=N–C) groups is 1. The van der Waals surface area contributed by atoms with Gasteiger partial charge < -0.3 is 35.0 Å². The van der Waals surface area contributed by atoms with E-state index in [-0.39, 0.29) is 25.7 Å². The third-order valence-electron chi connectivity index (χ3n) is 7.82. The fourth-order valence-corrected chi connectivity index (χ4v) is 5.27. The number of carbonyl (C=O) groups is 2. The zero-order chi connectivity index (χ0) is 34.9. The van der Waals surface area contributed by atoms with Crippen LogP contribution in [0.4, 0.5) is 17.6 Å². The van der Waals surface area contributed by atoms with E-state index in [1.807, 2.05) is 22.9 Å². The number of esters is 2. The van der Waals surface area contributed by atoms with Crippen molar-refractivity contribution in [3.05, 3.63) is 60.7 Å². The average Bonchev–Trinajstić information content (AvgIpc) is 3.53. The number of allylic oxidation sites excluding steroid dienone is 1. The number of anilines is 3. The van der Waals surface area contributed by atoms with Gasteiger partial charge in [0.05, 0.1) is 43.3 Å². The minimum absolute atomic E-state index is 0.0114. The van der Waals surface area contributed by atoms with Gasteiger partial charge in [-0.25, -0.2) is 9.97 Å². The average molecular weight is 680 g/mol. The van der Waals surface area contributed by atoms with Gasteiger partial charge in [0.15, 0.2) is 0 Å².